The van der Waals surface area contributed by atoms with Crippen LogP contribution in [0.25, 0.3) is 0 Å². The molecule has 0 bridgehead atoms. The van der Waals surface area contributed by atoms with Gasteiger partial charge in [-0.25, -0.2) is 4.98 Å². The molecule has 0 unspecified atom stereocenters. The molecule has 82 valence electrons. The van der Waals surface area contributed by atoms with Crippen molar-refractivity contribution in [3.63, 3.8) is 0 Å². The molecule has 0 aliphatic carbocycles. The fourth-order valence-electron chi connectivity index (χ4n) is 1.21. The molecule has 1 heterocycles. The smallest absolute Gasteiger partial charge is 0.266 e. The van der Waals surface area contributed by atoms with Crippen LogP contribution in [0.4, 0.5) is 0 Å². The van der Waals surface area contributed by atoms with Crippen molar-refractivity contribution in [1.82, 2.24) is 9.97 Å². The number of aryl methyl sites for hydroxylation is 1. The summed E-state index contributed by atoms with van der Waals surface area (Å²) in [5.74, 6) is 0. The SMILES string of the molecule is Cc1ccccc1Sc1nc[nH]c(=O)c1Br. The number of nitrogens with zero attached hydrogens (tertiary/aromatic N) is 1. The molecule has 0 atom stereocenters. The molecule has 3 nitrogen and oxygen atoms in total. The highest BCUT2D eigenvalue weighted by molar-refractivity contribution is 9.10. The number of aromatic nitrogens is 2. The first-order valence-electron chi connectivity index (χ1n) is 4.65. The molecule has 0 saturated heterocycles. The molecule has 1 N–H and O–H groups in total. The van der Waals surface area contributed by atoms with Crippen LogP contribution in [-0.4, -0.2) is 9.97 Å². The summed E-state index contributed by atoms with van der Waals surface area (Å²) in [6, 6.07) is 7.99. The Hall–Kier alpha value is -1.07. The van der Waals surface area contributed by atoms with E-state index in [1.807, 2.05) is 31.2 Å². The third-order valence-electron chi connectivity index (χ3n) is 2.06. The van der Waals surface area contributed by atoms with Crippen LogP contribution in [0.3, 0.4) is 0 Å². The molecule has 0 aliphatic rings. The predicted molar refractivity (Wildman–Crippen MR) is 67.9 cm³/mol. The van der Waals surface area contributed by atoms with Gasteiger partial charge < -0.3 is 4.98 Å². The average Bonchev–Trinajstić information content (AvgIpc) is 2.28. The van der Waals surface area contributed by atoms with E-state index >= 15 is 0 Å². The van der Waals surface area contributed by atoms with Crippen LogP contribution in [0.5, 0.6) is 0 Å². The van der Waals surface area contributed by atoms with Gasteiger partial charge in [-0.1, -0.05) is 30.0 Å². The van der Waals surface area contributed by atoms with Crippen molar-refractivity contribution in [3.05, 3.63) is 51.0 Å². The molecule has 0 amide bonds. The van der Waals surface area contributed by atoms with Crippen LogP contribution < -0.4 is 5.56 Å². The molecule has 1 aromatic heterocycles. The summed E-state index contributed by atoms with van der Waals surface area (Å²) in [5, 5.41) is 0.679. The number of hydrogen-bond donors (Lipinski definition) is 1. The van der Waals surface area contributed by atoms with E-state index in [2.05, 4.69) is 25.9 Å². The monoisotopic (exact) mass is 296 g/mol. The minimum Gasteiger partial charge on any atom is -0.312 e. The van der Waals surface area contributed by atoms with Crippen LogP contribution in [0.15, 0.2) is 49.8 Å². The topological polar surface area (TPSA) is 45.8 Å². The zero-order valence-electron chi connectivity index (χ0n) is 8.53. The lowest BCUT2D eigenvalue weighted by atomic mass is 10.2. The van der Waals surface area contributed by atoms with E-state index in [0.717, 1.165) is 4.90 Å². The summed E-state index contributed by atoms with van der Waals surface area (Å²) in [6.07, 6.45) is 1.41. The van der Waals surface area contributed by atoms with Crippen molar-refractivity contribution in [3.8, 4) is 0 Å². The van der Waals surface area contributed by atoms with E-state index < -0.39 is 0 Å². The van der Waals surface area contributed by atoms with Crippen molar-refractivity contribution in [2.75, 3.05) is 0 Å². The second-order valence-corrected chi connectivity index (χ2v) is 5.04. The number of H-pyrrole nitrogens is 1. The molecule has 1 aromatic carbocycles. The van der Waals surface area contributed by atoms with Crippen molar-refractivity contribution in [2.45, 2.75) is 16.8 Å². The summed E-state index contributed by atoms with van der Waals surface area (Å²) in [4.78, 5) is 19.1. The summed E-state index contributed by atoms with van der Waals surface area (Å²) in [6.45, 7) is 2.03. The van der Waals surface area contributed by atoms with Gasteiger partial charge in [-0.2, -0.15) is 0 Å². The summed E-state index contributed by atoms with van der Waals surface area (Å²) in [7, 11) is 0. The van der Waals surface area contributed by atoms with E-state index in [-0.39, 0.29) is 5.56 Å². The highest BCUT2D eigenvalue weighted by Crippen LogP contribution is 2.31. The molecule has 0 fully saturated rings. The Bertz CT molecular complexity index is 568. The Morgan fingerprint density at radius 2 is 2.12 bits per heavy atom. The molecule has 2 rings (SSSR count). The first kappa shape index (κ1) is 11.4. The van der Waals surface area contributed by atoms with Gasteiger partial charge in [0.25, 0.3) is 5.56 Å². The van der Waals surface area contributed by atoms with Crippen LogP contribution in [-0.2, 0) is 0 Å². The standard InChI is InChI=1S/C11H9BrN2OS/c1-7-4-2-3-5-8(7)16-11-9(12)10(15)13-6-14-11/h2-6H,1H3,(H,13,14,15). The fourth-order valence-corrected chi connectivity index (χ4v) is 2.54. The molecule has 0 radical (unpaired) electrons. The number of aromatic amines is 1. The van der Waals surface area contributed by atoms with Crippen LogP contribution in [0.1, 0.15) is 5.56 Å². The quantitative estimate of drug-likeness (QED) is 0.867. The summed E-state index contributed by atoms with van der Waals surface area (Å²) in [5.41, 5.74) is 1.01. The largest absolute Gasteiger partial charge is 0.312 e. The highest BCUT2D eigenvalue weighted by atomic mass is 79.9. The Labute approximate surface area is 105 Å². The number of benzene rings is 1. The minimum atomic E-state index is -0.161. The molecular weight excluding hydrogens is 288 g/mol. The Kier molecular flexibility index (Phi) is 3.46. The maximum absolute atomic E-state index is 11.4. The third-order valence-corrected chi connectivity index (χ3v) is 4.24. The maximum Gasteiger partial charge on any atom is 0.266 e. The van der Waals surface area contributed by atoms with Crippen molar-refractivity contribution in [1.29, 1.82) is 0 Å². The van der Waals surface area contributed by atoms with Gasteiger partial charge in [-0.3, -0.25) is 4.79 Å². The van der Waals surface area contributed by atoms with Crippen LogP contribution in [0.2, 0.25) is 0 Å². The van der Waals surface area contributed by atoms with Gasteiger partial charge in [0.15, 0.2) is 0 Å². The van der Waals surface area contributed by atoms with Gasteiger partial charge in [-0.15, -0.1) is 0 Å². The van der Waals surface area contributed by atoms with Gasteiger partial charge in [-0.05, 0) is 34.5 Å². The van der Waals surface area contributed by atoms with Crippen molar-refractivity contribution >= 4 is 27.7 Å². The minimum absolute atomic E-state index is 0.161. The normalized spacial score (nSPS) is 10.4. The van der Waals surface area contributed by atoms with Gasteiger partial charge in [0.2, 0.25) is 0 Å². The number of nitrogens with one attached hydrogen (secondary N) is 1. The van der Waals surface area contributed by atoms with E-state index in [4.69, 9.17) is 0 Å². The zero-order chi connectivity index (χ0) is 11.5. The number of halogens is 1. The average molecular weight is 297 g/mol. The molecule has 0 saturated carbocycles. The first-order valence-corrected chi connectivity index (χ1v) is 6.26. The van der Waals surface area contributed by atoms with Crippen LogP contribution >= 0.6 is 27.7 Å². The Morgan fingerprint density at radius 3 is 2.88 bits per heavy atom. The molecule has 2 aromatic rings. The van der Waals surface area contributed by atoms with E-state index in [9.17, 15) is 4.79 Å². The van der Waals surface area contributed by atoms with Gasteiger partial charge >= 0.3 is 0 Å². The molecular formula is C11H9BrN2OS. The van der Waals surface area contributed by atoms with Gasteiger partial charge in [0.05, 0.1) is 6.33 Å². The number of hydrogen-bond acceptors (Lipinski definition) is 3. The molecule has 5 heteroatoms. The molecule has 16 heavy (non-hydrogen) atoms. The fraction of sp³-hybridized carbons (Fsp3) is 0.0909. The lowest BCUT2D eigenvalue weighted by Crippen LogP contribution is -2.07. The van der Waals surface area contributed by atoms with E-state index in [1.165, 1.54) is 23.7 Å². The second-order valence-electron chi connectivity index (χ2n) is 3.22. The molecule has 0 spiro atoms. The maximum atomic E-state index is 11.4. The highest BCUT2D eigenvalue weighted by Gasteiger charge is 2.08. The number of rotatable bonds is 2. The lowest BCUT2D eigenvalue weighted by Gasteiger charge is -2.04. The Balaban J connectivity index is 2.38. The van der Waals surface area contributed by atoms with E-state index in [0.29, 0.717) is 9.50 Å². The predicted octanol–water partition coefficient (Wildman–Crippen LogP) is 2.99. The third kappa shape index (κ3) is 2.36. The summed E-state index contributed by atoms with van der Waals surface area (Å²) < 4.78 is 0.475. The first-order chi connectivity index (χ1) is 7.68. The van der Waals surface area contributed by atoms with Gasteiger partial charge in [0.1, 0.15) is 9.50 Å². The van der Waals surface area contributed by atoms with Crippen molar-refractivity contribution < 1.29 is 0 Å². The van der Waals surface area contributed by atoms with E-state index in [1.54, 1.807) is 0 Å². The zero-order valence-corrected chi connectivity index (χ0v) is 10.9. The Morgan fingerprint density at radius 1 is 1.38 bits per heavy atom. The van der Waals surface area contributed by atoms with Gasteiger partial charge in [0, 0.05) is 4.90 Å². The summed E-state index contributed by atoms with van der Waals surface area (Å²) >= 11 is 4.71. The lowest BCUT2D eigenvalue weighted by molar-refractivity contribution is 0.989. The van der Waals surface area contributed by atoms with Crippen molar-refractivity contribution in [2.24, 2.45) is 0 Å². The second kappa shape index (κ2) is 4.84. The molecule has 0 aliphatic heterocycles. The van der Waals surface area contributed by atoms with Crippen LogP contribution in [0, 0.1) is 6.92 Å².